The van der Waals surface area contributed by atoms with E-state index in [0.717, 1.165) is 19.4 Å². The van der Waals surface area contributed by atoms with Gasteiger partial charge in [0.1, 0.15) is 0 Å². The van der Waals surface area contributed by atoms with Crippen LogP contribution < -0.4 is 4.74 Å². The minimum atomic E-state index is 0.0829. The van der Waals surface area contributed by atoms with E-state index in [0.29, 0.717) is 17.5 Å². The predicted molar refractivity (Wildman–Crippen MR) is 69.8 cm³/mol. The Bertz CT molecular complexity index is 397. The van der Waals surface area contributed by atoms with Crippen LogP contribution in [0.5, 0.6) is 5.88 Å². The summed E-state index contributed by atoms with van der Waals surface area (Å²) >= 11 is 0. The van der Waals surface area contributed by atoms with Gasteiger partial charge in [0.25, 0.3) is 5.91 Å². The third-order valence-electron chi connectivity index (χ3n) is 3.56. The van der Waals surface area contributed by atoms with Crippen molar-refractivity contribution in [3.05, 3.63) is 23.9 Å². The molecule has 0 aromatic carbocycles. The number of aromatic nitrogens is 1. The third-order valence-corrected chi connectivity index (χ3v) is 3.56. The van der Waals surface area contributed by atoms with Gasteiger partial charge in [0, 0.05) is 24.8 Å². The van der Waals surface area contributed by atoms with Crippen molar-refractivity contribution in [1.82, 2.24) is 9.88 Å². The van der Waals surface area contributed by atoms with E-state index in [1.165, 1.54) is 12.8 Å². The second-order valence-electron chi connectivity index (χ2n) is 4.62. The molecule has 4 nitrogen and oxygen atoms in total. The number of carbonyl (C=O) groups is 1. The highest BCUT2D eigenvalue weighted by Gasteiger charge is 2.26. The number of pyridine rings is 1. The molecule has 1 aliphatic rings. The van der Waals surface area contributed by atoms with Gasteiger partial charge in [0.2, 0.25) is 5.88 Å². The Labute approximate surface area is 108 Å². The molecule has 1 aromatic heterocycles. The molecule has 0 unspecified atom stereocenters. The fourth-order valence-corrected chi connectivity index (χ4v) is 2.58. The average Bonchev–Trinajstić information content (AvgIpc) is 2.93. The molecule has 1 aliphatic carbocycles. The zero-order chi connectivity index (χ0) is 13.0. The summed E-state index contributed by atoms with van der Waals surface area (Å²) < 4.78 is 5.00. The van der Waals surface area contributed by atoms with Gasteiger partial charge in [-0.1, -0.05) is 12.8 Å². The summed E-state index contributed by atoms with van der Waals surface area (Å²) in [5.41, 5.74) is 0.643. The number of methoxy groups -OCH3 is 1. The highest BCUT2D eigenvalue weighted by molar-refractivity contribution is 5.94. The molecule has 2 rings (SSSR count). The maximum atomic E-state index is 12.4. The smallest absolute Gasteiger partial charge is 0.255 e. The Hall–Kier alpha value is -1.58. The largest absolute Gasteiger partial charge is 0.481 e. The van der Waals surface area contributed by atoms with Crippen LogP contribution in [0.2, 0.25) is 0 Å². The molecule has 0 bridgehead atoms. The molecule has 4 heteroatoms. The van der Waals surface area contributed by atoms with Gasteiger partial charge < -0.3 is 9.64 Å². The van der Waals surface area contributed by atoms with Gasteiger partial charge >= 0.3 is 0 Å². The Balaban J connectivity index is 2.11. The van der Waals surface area contributed by atoms with Crippen molar-refractivity contribution in [2.45, 2.75) is 38.6 Å². The maximum Gasteiger partial charge on any atom is 0.255 e. The van der Waals surface area contributed by atoms with Gasteiger partial charge in [-0.15, -0.1) is 0 Å². The summed E-state index contributed by atoms with van der Waals surface area (Å²) in [5, 5.41) is 0. The first-order valence-electron chi connectivity index (χ1n) is 6.57. The highest BCUT2D eigenvalue weighted by atomic mass is 16.5. The molecule has 0 atom stereocenters. The van der Waals surface area contributed by atoms with Crippen LogP contribution in [0.15, 0.2) is 18.3 Å². The SMILES string of the molecule is CCN(C(=O)c1ccc(OC)nc1)C1CCCC1. The van der Waals surface area contributed by atoms with Gasteiger partial charge in [-0.25, -0.2) is 4.98 Å². The summed E-state index contributed by atoms with van der Waals surface area (Å²) in [5.74, 6) is 0.620. The first-order chi connectivity index (χ1) is 8.76. The van der Waals surface area contributed by atoms with Crippen LogP contribution in [-0.4, -0.2) is 35.5 Å². The van der Waals surface area contributed by atoms with Crippen molar-refractivity contribution in [3.8, 4) is 5.88 Å². The Kier molecular flexibility index (Phi) is 4.18. The summed E-state index contributed by atoms with van der Waals surface area (Å²) in [7, 11) is 1.57. The van der Waals surface area contributed by atoms with Crippen LogP contribution in [-0.2, 0) is 0 Å². The van der Waals surface area contributed by atoms with Crippen molar-refractivity contribution < 1.29 is 9.53 Å². The van der Waals surface area contributed by atoms with E-state index in [9.17, 15) is 4.79 Å². The second-order valence-corrected chi connectivity index (χ2v) is 4.62. The molecule has 0 saturated heterocycles. The first-order valence-corrected chi connectivity index (χ1v) is 6.57. The van der Waals surface area contributed by atoms with Gasteiger partial charge in [-0.05, 0) is 25.8 Å². The lowest BCUT2D eigenvalue weighted by Gasteiger charge is -2.27. The van der Waals surface area contributed by atoms with Crippen molar-refractivity contribution >= 4 is 5.91 Å². The van der Waals surface area contributed by atoms with Gasteiger partial charge in [-0.3, -0.25) is 4.79 Å². The highest BCUT2D eigenvalue weighted by Crippen LogP contribution is 2.24. The number of hydrogen-bond donors (Lipinski definition) is 0. The van der Waals surface area contributed by atoms with Crippen LogP contribution in [0.25, 0.3) is 0 Å². The molecule has 1 saturated carbocycles. The fourth-order valence-electron chi connectivity index (χ4n) is 2.58. The zero-order valence-electron chi connectivity index (χ0n) is 11.1. The van der Waals surface area contributed by atoms with Crippen LogP contribution in [0.3, 0.4) is 0 Å². The minimum Gasteiger partial charge on any atom is -0.481 e. The van der Waals surface area contributed by atoms with Gasteiger partial charge in [0.15, 0.2) is 0 Å². The molecular weight excluding hydrogens is 228 g/mol. The maximum absolute atomic E-state index is 12.4. The monoisotopic (exact) mass is 248 g/mol. The second kappa shape index (κ2) is 5.85. The number of hydrogen-bond acceptors (Lipinski definition) is 3. The quantitative estimate of drug-likeness (QED) is 0.822. The zero-order valence-corrected chi connectivity index (χ0v) is 11.1. The van der Waals surface area contributed by atoms with E-state index >= 15 is 0 Å². The number of ether oxygens (including phenoxy) is 1. The molecular formula is C14H20N2O2. The molecule has 0 aliphatic heterocycles. The van der Waals surface area contributed by atoms with Crippen LogP contribution in [0, 0.1) is 0 Å². The standard InChI is InChI=1S/C14H20N2O2/c1-3-16(12-6-4-5-7-12)14(17)11-8-9-13(18-2)15-10-11/h8-10,12H,3-7H2,1-2H3. The van der Waals surface area contributed by atoms with E-state index in [1.54, 1.807) is 25.4 Å². The van der Waals surface area contributed by atoms with E-state index in [1.807, 2.05) is 11.8 Å². The number of amides is 1. The van der Waals surface area contributed by atoms with E-state index in [-0.39, 0.29) is 5.91 Å². The molecule has 0 spiro atoms. The van der Waals surface area contributed by atoms with Crippen LogP contribution in [0.4, 0.5) is 0 Å². The van der Waals surface area contributed by atoms with E-state index in [2.05, 4.69) is 4.98 Å². The van der Waals surface area contributed by atoms with Crippen molar-refractivity contribution in [2.24, 2.45) is 0 Å². The lowest BCUT2D eigenvalue weighted by molar-refractivity contribution is 0.0693. The normalized spacial score (nSPS) is 15.7. The molecule has 0 N–H and O–H groups in total. The molecule has 1 heterocycles. The van der Waals surface area contributed by atoms with Crippen LogP contribution in [0.1, 0.15) is 43.0 Å². The Morgan fingerprint density at radius 1 is 1.44 bits per heavy atom. The molecule has 1 fully saturated rings. The lowest BCUT2D eigenvalue weighted by Crippen LogP contribution is -2.38. The summed E-state index contributed by atoms with van der Waals surface area (Å²) in [4.78, 5) is 18.5. The van der Waals surface area contributed by atoms with Gasteiger partial charge in [-0.2, -0.15) is 0 Å². The lowest BCUT2D eigenvalue weighted by atomic mass is 10.1. The van der Waals surface area contributed by atoms with Crippen molar-refractivity contribution in [3.63, 3.8) is 0 Å². The molecule has 1 aromatic rings. The molecule has 1 amide bonds. The third kappa shape index (κ3) is 2.63. The fraction of sp³-hybridized carbons (Fsp3) is 0.571. The number of rotatable bonds is 4. The topological polar surface area (TPSA) is 42.4 Å². The first kappa shape index (κ1) is 12.9. The number of nitrogens with zero attached hydrogens (tertiary/aromatic N) is 2. The van der Waals surface area contributed by atoms with E-state index < -0.39 is 0 Å². The molecule has 98 valence electrons. The van der Waals surface area contributed by atoms with Crippen LogP contribution >= 0.6 is 0 Å². The Morgan fingerprint density at radius 3 is 2.67 bits per heavy atom. The summed E-state index contributed by atoms with van der Waals surface area (Å²) in [6, 6.07) is 3.92. The summed E-state index contributed by atoms with van der Waals surface area (Å²) in [6.07, 6.45) is 6.32. The van der Waals surface area contributed by atoms with E-state index in [4.69, 9.17) is 4.74 Å². The molecule has 18 heavy (non-hydrogen) atoms. The number of carbonyl (C=O) groups excluding carboxylic acids is 1. The Morgan fingerprint density at radius 2 is 2.17 bits per heavy atom. The van der Waals surface area contributed by atoms with Crippen molar-refractivity contribution in [2.75, 3.05) is 13.7 Å². The van der Waals surface area contributed by atoms with Gasteiger partial charge in [0.05, 0.1) is 12.7 Å². The summed E-state index contributed by atoms with van der Waals surface area (Å²) in [6.45, 7) is 2.79. The minimum absolute atomic E-state index is 0.0829. The average molecular weight is 248 g/mol. The predicted octanol–water partition coefficient (Wildman–Crippen LogP) is 2.49. The van der Waals surface area contributed by atoms with Crippen molar-refractivity contribution in [1.29, 1.82) is 0 Å². The molecule has 0 radical (unpaired) electrons.